The molecule has 0 radical (unpaired) electrons. The van der Waals surface area contributed by atoms with Crippen LogP contribution in [0, 0.1) is 5.92 Å². The maximum atomic E-state index is 11.7. The lowest BCUT2D eigenvalue weighted by molar-refractivity contribution is -0.126. The Morgan fingerprint density at radius 2 is 2.27 bits per heavy atom. The molecule has 4 nitrogen and oxygen atoms in total. The Morgan fingerprint density at radius 1 is 1.53 bits per heavy atom. The standard InChI is InChI=1S/C11H22N2O2/c1-3-9(4-2)7-13-11(14)10-8-15-6-5-12-10/h9-10,12H,3-8H2,1-2H3,(H,13,14). The smallest absolute Gasteiger partial charge is 0.239 e. The Labute approximate surface area is 91.8 Å². The fourth-order valence-corrected chi connectivity index (χ4v) is 1.68. The summed E-state index contributed by atoms with van der Waals surface area (Å²) in [4.78, 5) is 11.7. The van der Waals surface area contributed by atoms with Crippen molar-refractivity contribution in [1.29, 1.82) is 0 Å². The number of ether oxygens (including phenoxy) is 1. The summed E-state index contributed by atoms with van der Waals surface area (Å²) in [6.07, 6.45) is 2.23. The minimum atomic E-state index is -0.159. The molecule has 1 aliphatic heterocycles. The van der Waals surface area contributed by atoms with Gasteiger partial charge >= 0.3 is 0 Å². The largest absolute Gasteiger partial charge is 0.378 e. The summed E-state index contributed by atoms with van der Waals surface area (Å²) in [6, 6.07) is -0.159. The van der Waals surface area contributed by atoms with Crippen molar-refractivity contribution in [3.05, 3.63) is 0 Å². The second kappa shape index (κ2) is 6.80. The molecule has 1 fully saturated rings. The van der Waals surface area contributed by atoms with Gasteiger partial charge in [-0.2, -0.15) is 0 Å². The van der Waals surface area contributed by atoms with Crippen molar-refractivity contribution in [3.63, 3.8) is 0 Å². The van der Waals surface area contributed by atoms with E-state index in [0.717, 1.165) is 25.9 Å². The van der Waals surface area contributed by atoms with Crippen molar-refractivity contribution >= 4 is 5.91 Å². The van der Waals surface area contributed by atoms with Crippen LogP contribution in [0.4, 0.5) is 0 Å². The minimum Gasteiger partial charge on any atom is -0.378 e. The summed E-state index contributed by atoms with van der Waals surface area (Å²) in [5.74, 6) is 0.667. The molecule has 0 spiro atoms. The van der Waals surface area contributed by atoms with Gasteiger partial charge in [-0.05, 0) is 5.92 Å². The zero-order valence-electron chi connectivity index (χ0n) is 9.71. The maximum absolute atomic E-state index is 11.7. The van der Waals surface area contributed by atoms with E-state index >= 15 is 0 Å². The number of nitrogens with one attached hydrogen (secondary N) is 2. The molecule has 1 unspecified atom stereocenters. The summed E-state index contributed by atoms with van der Waals surface area (Å²) in [5.41, 5.74) is 0. The van der Waals surface area contributed by atoms with E-state index in [1.807, 2.05) is 0 Å². The first-order chi connectivity index (χ1) is 7.27. The van der Waals surface area contributed by atoms with Gasteiger partial charge in [-0.15, -0.1) is 0 Å². The highest BCUT2D eigenvalue weighted by Gasteiger charge is 2.21. The molecular formula is C11H22N2O2. The third-order valence-corrected chi connectivity index (χ3v) is 2.96. The quantitative estimate of drug-likeness (QED) is 0.702. The molecule has 0 aromatic carbocycles. The van der Waals surface area contributed by atoms with Crippen molar-refractivity contribution < 1.29 is 9.53 Å². The highest BCUT2D eigenvalue weighted by atomic mass is 16.5. The van der Waals surface area contributed by atoms with Crippen LogP contribution >= 0.6 is 0 Å². The van der Waals surface area contributed by atoms with Gasteiger partial charge in [0, 0.05) is 13.1 Å². The van der Waals surface area contributed by atoms with E-state index in [4.69, 9.17) is 4.74 Å². The molecule has 1 amide bonds. The first-order valence-corrected chi connectivity index (χ1v) is 5.86. The van der Waals surface area contributed by atoms with Gasteiger partial charge in [-0.3, -0.25) is 4.79 Å². The summed E-state index contributed by atoms with van der Waals surface area (Å²) in [7, 11) is 0. The highest BCUT2D eigenvalue weighted by molar-refractivity contribution is 5.81. The van der Waals surface area contributed by atoms with Gasteiger partial charge in [-0.1, -0.05) is 26.7 Å². The van der Waals surface area contributed by atoms with Crippen molar-refractivity contribution in [1.82, 2.24) is 10.6 Å². The van der Waals surface area contributed by atoms with E-state index in [1.54, 1.807) is 0 Å². The molecule has 1 saturated heterocycles. The lowest BCUT2D eigenvalue weighted by atomic mass is 10.0. The topological polar surface area (TPSA) is 50.4 Å². The Bertz CT molecular complexity index is 187. The molecule has 0 bridgehead atoms. The Balaban J connectivity index is 2.22. The molecular weight excluding hydrogens is 192 g/mol. The molecule has 1 atom stereocenters. The molecule has 0 aromatic rings. The third kappa shape index (κ3) is 4.18. The van der Waals surface area contributed by atoms with Crippen molar-refractivity contribution in [2.45, 2.75) is 32.7 Å². The first-order valence-electron chi connectivity index (χ1n) is 5.86. The average molecular weight is 214 g/mol. The summed E-state index contributed by atoms with van der Waals surface area (Å²) in [6.45, 7) is 7.06. The minimum absolute atomic E-state index is 0.0709. The zero-order valence-corrected chi connectivity index (χ0v) is 9.71. The molecule has 1 rings (SSSR count). The normalized spacial score (nSPS) is 21.7. The number of rotatable bonds is 5. The van der Waals surface area contributed by atoms with Gasteiger partial charge in [0.25, 0.3) is 0 Å². The third-order valence-electron chi connectivity index (χ3n) is 2.96. The van der Waals surface area contributed by atoms with E-state index in [9.17, 15) is 4.79 Å². The maximum Gasteiger partial charge on any atom is 0.239 e. The van der Waals surface area contributed by atoms with Gasteiger partial charge in [0.05, 0.1) is 13.2 Å². The second-order valence-corrected chi connectivity index (χ2v) is 4.01. The van der Waals surface area contributed by atoms with Crippen LogP contribution < -0.4 is 10.6 Å². The SMILES string of the molecule is CCC(CC)CNC(=O)C1COCCN1. The fourth-order valence-electron chi connectivity index (χ4n) is 1.68. The predicted molar refractivity (Wildman–Crippen MR) is 59.7 cm³/mol. The highest BCUT2D eigenvalue weighted by Crippen LogP contribution is 2.05. The number of morpholine rings is 1. The van der Waals surface area contributed by atoms with Gasteiger partial charge < -0.3 is 15.4 Å². The van der Waals surface area contributed by atoms with Gasteiger partial charge in [0.1, 0.15) is 6.04 Å². The molecule has 1 heterocycles. The van der Waals surface area contributed by atoms with Crippen LogP contribution in [0.1, 0.15) is 26.7 Å². The number of carbonyl (C=O) groups excluding carboxylic acids is 1. The summed E-state index contributed by atoms with van der Waals surface area (Å²) < 4.78 is 5.24. The monoisotopic (exact) mass is 214 g/mol. The van der Waals surface area contributed by atoms with Gasteiger partial charge in [0.15, 0.2) is 0 Å². The molecule has 0 aliphatic carbocycles. The molecule has 1 aliphatic rings. The van der Waals surface area contributed by atoms with Crippen LogP contribution in [0.25, 0.3) is 0 Å². The lowest BCUT2D eigenvalue weighted by Gasteiger charge is -2.23. The van der Waals surface area contributed by atoms with Crippen LogP contribution in [0.2, 0.25) is 0 Å². The second-order valence-electron chi connectivity index (χ2n) is 4.01. The van der Waals surface area contributed by atoms with Crippen LogP contribution in [-0.2, 0) is 9.53 Å². The Hall–Kier alpha value is -0.610. The van der Waals surface area contributed by atoms with E-state index < -0.39 is 0 Å². The van der Waals surface area contributed by atoms with E-state index in [1.165, 1.54) is 0 Å². The number of hydrogen-bond donors (Lipinski definition) is 2. The summed E-state index contributed by atoms with van der Waals surface area (Å²) in [5, 5.41) is 6.11. The first kappa shape index (κ1) is 12.5. The predicted octanol–water partition coefficient (Wildman–Crippen LogP) is 0.527. The van der Waals surface area contributed by atoms with Gasteiger partial charge in [-0.25, -0.2) is 0 Å². The number of hydrogen-bond acceptors (Lipinski definition) is 3. The fraction of sp³-hybridized carbons (Fsp3) is 0.909. The Kier molecular flexibility index (Phi) is 5.65. The van der Waals surface area contributed by atoms with Gasteiger partial charge in [0.2, 0.25) is 5.91 Å². The van der Waals surface area contributed by atoms with Crippen LogP contribution in [0.15, 0.2) is 0 Å². The lowest BCUT2D eigenvalue weighted by Crippen LogP contribution is -2.51. The zero-order chi connectivity index (χ0) is 11.1. The number of amides is 1. The van der Waals surface area contributed by atoms with Crippen molar-refractivity contribution in [3.8, 4) is 0 Å². The molecule has 2 N–H and O–H groups in total. The number of carbonyl (C=O) groups is 1. The van der Waals surface area contributed by atoms with E-state index in [2.05, 4.69) is 24.5 Å². The van der Waals surface area contributed by atoms with E-state index in [0.29, 0.717) is 19.1 Å². The molecule has 88 valence electrons. The summed E-state index contributed by atoms with van der Waals surface area (Å²) >= 11 is 0. The molecule has 0 saturated carbocycles. The van der Waals surface area contributed by atoms with Crippen LogP contribution in [0.3, 0.4) is 0 Å². The van der Waals surface area contributed by atoms with Crippen LogP contribution in [0.5, 0.6) is 0 Å². The van der Waals surface area contributed by atoms with Crippen molar-refractivity contribution in [2.75, 3.05) is 26.3 Å². The average Bonchev–Trinajstić information content (AvgIpc) is 2.31. The molecule has 4 heteroatoms. The van der Waals surface area contributed by atoms with Crippen LogP contribution in [-0.4, -0.2) is 38.3 Å². The molecule has 15 heavy (non-hydrogen) atoms. The Morgan fingerprint density at radius 3 is 2.80 bits per heavy atom. The molecule has 0 aromatic heterocycles. The van der Waals surface area contributed by atoms with E-state index in [-0.39, 0.29) is 11.9 Å². The van der Waals surface area contributed by atoms with Crippen molar-refractivity contribution in [2.24, 2.45) is 5.92 Å².